The highest BCUT2D eigenvalue weighted by molar-refractivity contribution is 7.99. The summed E-state index contributed by atoms with van der Waals surface area (Å²) in [5, 5.41) is 3.91. The van der Waals surface area contributed by atoms with Crippen LogP contribution >= 0.6 is 11.8 Å². The molecular weight excluding hydrogens is 429 g/mol. The lowest BCUT2D eigenvalue weighted by atomic mass is 10.1. The third-order valence-electron chi connectivity index (χ3n) is 5.17. The van der Waals surface area contributed by atoms with Gasteiger partial charge < -0.3 is 9.73 Å². The van der Waals surface area contributed by atoms with E-state index in [1.807, 2.05) is 18.2 Å². The molecule has 0 aliphatic rings. The molecule has 0 unspecified atom stereocenters. The van der Waals surface area contributed by atoms with Crippen LogP contribution in [0, 0.1) is 18.7 Å². The number of anilines is 1. The summed E-state index contributed by atoms with van der Waals surface area (Å²) in [4.78, 5) is 30.4. The molecule has 166 valence electrons. The summed E-state index contributed by atoms with van der Waals surface area (Å²) in [7, 11) is 0. The minimum absolute atomic E-state index is 0.0326. The van der Waals surface area contributed by atoms with Crippen molar-refractivity contribution >= 4 is 45.4 Å². The first-order chi connectivity index (χ1) is 15.3. The van der Waals surface area contributed by atoms with Gasteiger partial charge in [0.15, 0.2) is 5.16 Å². The number of carbonyl (C=O) groups is 1. The number of benzene rings is 2. The predicted molar refractivity (Wildman–Crippen MR) is 126 cm³/mol. The van der Waals surface area contributed by atoms with E-state index in [9.17, 15) is 14.0 Å². The zero-order valence-corrected chi connectivity index (χ0v) is 19.0. The van der Waals surface area contributed by atoms with Crippen LogP contribution in [0.5, 0.6) is 0 Å². The fraction of sp³-hybridized carbons (Fsp3) is 0.292. The van der Waals surface area contributed by atoms with Gasteiger partial charge in [0.25, 0.3) is 5.56 Å². The van der Waals surface area contributed by atoms with Crippen LogP contribution in [-0.2, 0) is 11.3 Å². The Labute approximate surface area is 188 Å². The number of rotatable bonds is 7. The van der Waals surface area contributed by atoms with Crippen molar-refractivity contribution < 1.29 is 13.6 Å². The maximum absolute atomic E-state index is 13.8. The van der Waals surface area contributed by atoms with Gasteiger partial charge in [0.2, 0.25) is 11.5 Å². The average molecular weight is 454 g/mol. The van der Waals surface area contributed by atoms with Crippen molar-refractivity contribution in [2.75, 3.05) is 11.1 Å². The van der Waals surface area contributed by atoms with Crippen molar-refractivity contribution in [3.8, 4) is 0 Å². The molecular formula is C24H24FN3O3S. The van der Waals surface area contributed by atoms with Gasteiger partial charge in [-0.25, -0.2) is 9.37 Å². The van der Waals surface area contributed by atoms with Crippen LogP contribution in [0.25, 0.3) is 22.1 Å². The number of amides is 1. The summed E-state index contributed by atoms with van der Waals surface area (Å²) in [5.41, 5.74) is 1.96. The molecule has 4 aromatic rings. The molecule has 1 amide bonds. The number of fused-ring (bicyclic) bond motifs is 3. The van der Waals surface area contributed by atoms with Crippen LogP contribution in [0.15, 0.2) is 56.8 Å². The second-order valence-electron chi connectivity index (χ2n) is 8.11. The number of halogens is 1. The molecule has 0 saturated carbocycles. The molecule has 6 nitrogen and oxygen atoms in total. The molecule has 32 heavy (non-hydrogen) atoms. The minimum atomic E-state index is -0.378. The molecule has 0 fully saturated rings. The minimum Gasteiger partial charge on any atom is -0.448 e. The molecule has 1 N–H and O–H groups in total. The summed E-state index contributed by atoms with van der Waals surface area (Å²) in [6, 6.07) is 11.9. The van der Waals surface area contributed by atoms with Crippen LogP contribution in [0.2, 0.25) is 0 Å². The van der Waals surface area contributed by atoms with Crippen molar-refractivity contribution in [1.82, 2.24) is 9.55 Å². The molecule has 0 aliphatic heterocycles. The summed E-state index contributed by atoms with van der Waals surface area (Å²) in [6.07, 6.45) is 0.787. The summed E-state index contributed by atoms with van der Waals surface area (Å²) >= 11 is 1.18. The molecule has 0 bridgehead atoms. The molecule has 0 atom stereocenters. The van der Waals surface area contributed by atoms with Crippen LogP contribution in [0.3, 0.4) is 0 Å². The third-order valence-corrected chi connectivity index (χ3v) is 6.14. The van der Waals surface area contributed by atoms with Gasteiger partial charge in [-0.3, -0.25) is 14.2 Å². The SMILES string of the molecule is Cc1ccc(NC(=O)CSc2nc3c(oc4ccccc43)c(=O)n2CCC(C)C)cc1F. The highest BCUT2D eigenvalue weighted by atomic mass is 32.2. The fourth-order valence-corrected chi connectivity index (χ4v) is 4.16. The monoisotopic (exact) mass is 453 g/mol. The van der Waals surface area contributed by atoms with E-state index >= 15 is 0 Å². The molecule has 8 heteroatoms. The zero-order chi connectivity index (χ0) is 22.8. The van der Waals surface area contributed by atoms with E-state index in [2.05, 4.69) is 19.2 Å². The van der Waals surface area contributed by atoms with Crippen LogP contribution in [-0.4, -0.2) is 21.2 Å². The first kappa shape index (κ1) is 22.1. The van der Waals surface area contributed by atoms with Gasteiger partial charge in [-0.15, -0.1) is 0 Å². The van der Waals surface area contributed by atoms with Gasteiger partial charge in [0.1, 0.15) is 16.9 Å². The number of hydrogen-bond donors (Lipinski definition) is 1. The van der Waals surface area contributed by atoms with E-state index in [0.29, 0.717) is 40.0 Å². The molecule has 0 spiro atoms. The topological polar surface area (TPSA) is 77.1 Å². The van der Waals surface area contributed by atoms with Gasteiger partial charge in [0, 0.05) is 17.6 Å². The van der Waals surface area contributed by atoms with Crippen molar-refractivity contribution in [3.63, 3.8) is 0 Å². The molecule has 0 radical (unpaired) electrons. The number of thioether (sulfide) groups is 1. The lowest BCUT2D eigenvalue weighted by Crippen LogP contribution is -2.24. The number of hydrogen-bond acceptors (Lipinski definition) is 5. The van der Waals surface area contributed by atoms with Gasteiger partial charge in [-0.2, -0.15) is 0 Å². The number of para-hydroxylation sites is 1. The third kappa shape index (κ3) is 4.55. The molecule has 0 saturated heterocycles. The zero-order valence-electron chi connectivity index (χ0n) is 18.1. The summed E-state index contributed by atoms with van der Waals surface area (Å²) in [5.74, 6) is -0.256. The second-order valence-corrected chi connectivity index (χ2v) is 9.05. The smallest absolute Gasteiger partial charge is 0.297 e. The highest BCUT2D eigenvalue weighted by Gasteiger charge is 2.19. The normalized spacial score (nSPS) is 11.5. The van der Waals surface area contributed by atoms with Crippen LogP contribution in [0.4, 0.5) is 10.1 Å². The Morgan fingerprint density at radius 1 is 1.25 bits per heavy atom. The number of nitrogens with one attached hydrogen (secondary N) is 1. The van der Waals surface area contributed by atoms with E-state index in [0.717, 1.165) is 11.8 Å². The number of carbonyl (C=O) groups excluding carboxylic acids is 1. The van der Waals surface area contributed by atoms with Gasteiger partial charge in [-0.1, -0.05) is 43.8 Å². The Kier molecular flexibility index (Phi) is 6.32. The lowest BCUT2D eigenvalue weighted by molar-refractivity contribution is -0.113. The molecule has 2 heterocycles. The lowest BCUT2D eigenvalue weighted by Gasteiger charge is -2.13. The summed E-state index contributed by atoms with van der Waals surface area (Å²) < 4.78 is 21.1. The standard InChI is InChI=1S/C24H24FN3O3S/c1-14(2)10-11-28-23(30)22-21(17-6-4-5-7-19(17)31-22)27-24(28)32-13-20(29)26-16-9-8-15(3)18(25)12-16/h4-9,12,14H,10-11,13H2,1-3H3,(H,26,29). The van der Waals surface area contributed by atoms with Crippen LogP contribution < -0.4 is 10.9 Å². The van der Waals surface area contributed by atoms with Gasteiger partial charge in [-0.05, 0) is 49.1 Å². The maximum atomic E-state index is 13.8. The average Bonchev–Trinajstić information content (AvgIpc) is 3.13. The van der Waals surface area contributed by atoms with Crippen molar-refractivity contribution in [2.45, 2.75) is 38.9 Å². The number of nitrogens with zero attached hydrogens (tertiary/aromatic N) is 2. The van der Waals surface area contributed by atoms with Gasteiger partial charge in [0.05, 0.1) is 5.75 Å². The van der Waals surface area contributed by atoms with E-state index in [1.165, 1.54) is 17.8 Å². The molecule has 2 aromatic carbocycles. The van der Waals surface area contributed by atoms with E-state index in [4.69, 9.17) is 9.40 Å². The van der Waals surface area contributed by atoms with Crippen molar-refractivity contribution in [3.05, 3.63) is 64.2 Å². The van der Waals surface area contributed by atoms with E-state index < -0.39 is 0 Å². The van der Waals surface area contributed by atoms with Gasteiger partial charge >= 0.3 is 0 Å². The Morgan fingerprint density at radius 3 is 2.78 bits per heavy atom. The predicted octanol–water partition coefficient (Wildman–Crippen LogP) is 5.37. The number of aromatic nitrogens is 2. The van der Waals surface area contributed by atoms with E-state index in [1.54, 1.807) is 29.7 Å². The van der Waals surface area contributed by atoms with E-state index in [-0.39, 0.29) is 28.6 Å². The maximum Gasteiger partial charge on any atom is 0.297 e. The highest BCUT2D eigenvalue weighted by Crippen LogP contribution is 2.27. The number of furan rings is 1. The summed E-state index contributed by atoms with van der Waals surface area (Å²) in [6.45, 7) is 6.30. The van der Waals surface area contributed by atoms with Crippen molar-refractivity contribution in [1.29, 1.82) is 0 Å². The largest absolute Gasteiger partial charge is 0.448 e. The first-order valence-corrected chi connectivity index (χ1v) is 11.4. The Balaban J connectivity index is 1.64. The number of aryl methyl sites for hydroxylation is 1. The Hall–Kier alpha value is -3.13. The molecule has 2 aromatic heterocycles. The molecule has 4 rings (SSSR count). The second kappa shape index (κ2) is 9.16. The van der Waals surface area contributed by atoms with Crippen LogP contribution in [0.1, 0.15) is 25.8 Å². The first-order valence-electron chi connectivity index (χ1n) is 10.4. The van der Waals surface area contributed by atoms with Crippen molar-refractivity contribution in [2.24, 2.45) is 5.92 Å². The Bertz CT molecular complexity index is 1360. The fourth-order valence-electron chi connectivity index (χ4n) is 3.35. The Morgan fingerprint density at radius 2 is 2.03 bits per heavy atom. The quantitative estimate of drug-likeness (QED) is 0.301. The molecule has 0 aliphatic carbocycles.